The van der Waals surface area contributed by atoms with Crippen LogP contribution in [0.1, 0.15) is 42.4 Å². The van der Waals surface area contributed by atoms with E-state index in [1.165, 1.54) is 0 Å². The van der Waals surface area contributed by atoms with E-state index in [9.17, 15) is 9.59 Å². The molecule has 1 aliphatic rings. The number of ether oxygens (including phenoxy) is 1. The molecule has 0 spiro atoms. The molecule has 0 aliphatic heterocycles. The molecular weight excluding hydrogens is 587 g/mol. The average Bonchev–Trinajstić information content (AvgIpc) is 3.41. The van der Waals surface area contributed by atoms with Crippen molar-refractivity contribution in [1.29, 1.82) is 0 Å². The van der Waals surface area contributed by atoms with E-state index in [1.807, 2.05) is 49.4 Å². The molecule has 1 N–H and O–H groups in total. The van der Waals surface area contributed by atoms with Crippen LogP contribution in [0.5, 0.6) is 5.75 Å². The van der Waals surface area contributed by atoms with Gasteiger partial charge in [-0.2, -0.15) is 0 Å². The molecule has 1 unspecified atom stereocenters. The predicted molar refractivity (Wildman–Crippen MR) is 156 cm³/mol. The Morgan fingerprint density at radius 2 is 1.79 bits per heavy atom. The first-order chi connectivity index (χ1) is 18.3. The number of carbonyl (C=O) groups is 2. The highest BCUT2D eigenvalue weighted by Gasteiger charge is 2.32. The van der Waals surface area contributed by atoms with Gasteiger partial charge in [-0.1, -0.05) is 88.4 Å². The molecule has 1 aliphatic carbocycles. The quantitative estimate of drug-likeness (QED) is 0.263. The summed E-state index contributed by atoms with van der Waals surface area (Å²) < 4.78 is 6.85. The largest absolute Gasteiger partial charge is 0.484 e. The van der Waals surface area contributed by atoms with Gasteiger partial charge in [-0.15, -0.1) is 0 Å². The minimum Gasteiger partial charge on any atom is -0.484 e. The Kier molecular flexibility index (Phi) is 10.1. The molecule has 1 fully saturated rings. The second-order valence-electron chi connectivity index (χ2n) is 9.65. The molecule has 1 atom stereocenters. The number of nitrogens with zero attached hydrogens (tertiary/aromatic N) is 1. The van der Waals surface area contributed by atoms with E-state index in [0.29, 0.717) is 27.8 Å². The Labute approximate surface area is 242 Å². The van der Waals surface area contributed by atoms with Gasteiger partial charge >= 0.3 is 0 Å². The zero-order valence-electron chi connectivity index (χ0n) is 21.3. The van der Waals surface area contributed by atoms with Crippen LogP contribution in [0.3, 0.4) is 0 Å². The van der Waals surface area contributed by atoms with E-state index < -0.39 is 6.04 Å². The zero-order valence-corrected chi connectivity index (χ0v) is 24.4. The van der Waals surface area contributed by atoms with Crippen molar-refractivity contribution >= 4 is 50.9 Å². The number of carbonyl (C=O) groups excluding carboxylic acids is 2. The van der Waals surface area contributed by atoms with Crippen molar-refractivity contribution in [2.24, 2.45) is 0 Å². The summed E-state index contributed by atoms with van der Waals surface area (Å²) in [6.45, 7) is 1.89. The summed E-state index contributed by atoms with van der Waals surface area (Å²) in [6.07, 6.45) is 4.46. The lowest BCUT2D eigenvalue weighted by atomic mass is 10.0. The maximum atomic E-state index is 13.8. The number of hydrogen-bond acceptors (Lipinski definition) is 3. The van der Waals surface area contributed by atoms with Crippen LogP contribution in [0, 0.1) is 6.92 Å². The highest BCUT2D eigenvalue weighted by atomic mass is 79.9. The molecule has 3 aromatic rings. The molecule has 2 amide bonds. The van der Waals surface area contributed by atoms with Gasteiger partial charge in [-0.25, -0.2) is 0 Å². The Hall–Kier alpha value is -2.54. The Morgan fingerprint density at radius 1 is 1.05 bits per heavy atom. The van der Waals surface area contributed by atoms with E-state index in [0.717, 1.165) is 41.3 Å². The molecule has 0 radical (unpaired) electrons. The Balaban J connectivity index is 1.63. The second kappa shape index (κ2) is 13.5. The molecule has 3 aromatic carbocycles. The van der Waals surface area contributed by atoms with Crippen LogP contribution >= 0.6 is 39.1 Å². The molecule has 38 heavy (non-hydrogen) atoms. The lowest BCUT2D eigenvalue weighted by molar-refractivity contribution is -0.143. The standard InChI is InChI=1S/C30H31BrCl2N2O3/c1-20-15-25(13-14-26(20)31)38-19-29(36)35(18-22-11-12-23(32)17-27(22)33)28(16-21-7-3-2-4-8-21)30(37)34-24-9-5-6-10-24/h2-4,7-8,11-15,17,24,28H,5-6,9-10,16,18-19H2,1H3,(H,34,37). The maximum absolute atomic E-state index is 13.8. The number of benzene rings is 3. The molecule has 0 heterocycles. The predicted octanol–water partition coefficient (Wildman–Crippen LogP) is 7.14. The minimum atomic E-state index is -0.743. The van der Waals surface area contributed by atoms with Crippen molar-refractivity contribution < 1.29 is 14.3 Å². The van der Waals surface area contributed by atoms with Crippen molar-refractivity contribution in [2.75, 3.05) is 6.61 Å². The highest BCUT2D eigenvalue weighted by molar-refractivity contribution is 9.10. The van der Waals surface area contributed by atoms with Crippen molar-refractivity contribution in [3.8, 4) is 5.75 Å². The van der Waals surface area contributed by atoms with E-state index in [1.54, 1.807) is 29.2 Å². The van der Waals surface area contributed by atoms with Crippen LogP contribution in [0.4, 0.5) is 0 Å². The van der Waals surface area contributed by atoms with Gasteiger partial charge in [0.1, 0.15) is 11.8 Å². The number of nitrogens with one attached hydrogen (secondary N) is 1. The molecule has 1 saturated carbocycles. The van der Waals surface area contributed by atoms with Gasteiger partial charge in [-0.3, -0.25) is 9.59 Å². The third-order valence-electron chi connectivity index (χ3n) is 6.82. The topological polar surface area (TPSA) is 58.6 Å². The summed E-state index contributed by atoms with van der Waals surface area (Å²) >= 11 is 16.1. The van der Waals surface area contributed by atoms with Gasteiger partial charge < -0.3 is 15.0 Å². The van der Waals surface area contributed by atoms with Crippen LogP contribution in [-0.2, 0) is 22.6 Å². The van der Waals surface area contributed by atoms with Crippen LogP contribution in [0.2, 0.25) is 10.0 Å². The van der Waals surface area contributed by atoms with Gasteiger partial charge in [0.25, 0.3) is 5.91 Å². The fourth-order valence-electron chi connectivity index (χ4n) is 4.69. The first-order valence-corrected chi connectivity index (χ1v) is 14.3. The van der Waals surface area contributed by atoms with Crippen molar-refractivity contribution in [1.82, 2.24) is 10.2 Å². The van der Waals surface area contributed by atoms with E-state index in [2.05, 4.69) is 21.2 Å². The van der Waals surface area contributed by atoms with Crippen LogP contribution in [0.25, 0.3) is 0 Å². The summed E-state index contributed by atoms with van der Waals surface area (Å²) in [4.78, 5) is 29.1. The highest BCUT2D eigenvalue weighted by Crippen LogP contribution is 2.26. The van der Waals surface area contributed by atoms with Gasteiger partial charge in [0.05, 0.1) is 0 Å². The number of aryl methyl sites for hydroxylation is 1. The molecule has 0 saturated heterocycles. The van der Waals surface area contributed by atoms with Gasteiger partial charge in [0.2, 0.25) is 5.91 Å². The number of halogens is 3. The summed E-state index contributed by atoms with van der Waals surface area (Å²) in [5.74, 6) is 0.108. The summed E-state index contributed by atoms with van der Waals surface area (Å²) in [5, 5.41) is 4.14. The third-order valence-corrected chi connectivity index (χ3v) is 8.30. The lowest BCUT2D eigenvalue weighted by Crippen LogP contribution is -2.53. The van der Waals surface area contributed by atoms with Crippen LogP contribution in [0.15, 0.2) is 71.2 Å². The van der Waals surface area contributed by atoms with Gasteiger partial charge in [-0.05, 0) is 66.8 Å². The Morgan fingerprint density at radius 3 is 2.47 bits per heavy atom. The Bertz CT molecular complexity index is 1270. The molecule has 5 nitrogen and oxygen atoms in total. The third kappa shape index (κ3) is 7.75. The van der Waals surface area contributed by atoms with Gasteiger partial charge in [0, 0.05) is 33.5 Å². The molecule has 4 rings (SSSR count). The average molecular weight is 618 g/mol. The second-order valence-corrected chi connectivity index (χ2v) is 11.4. The number of amides is 2. The smallest absolute Gasteiger partial charge is 0.261 e. The summed E-state index contributed by atoms with van der Waals surface area (Å²) in [5.41, 5.74) is 2.66. The molecule has 0 bridgehead atoms. The van der Waals surface area contributed by atoms with Crippen LogP contribution in [-0.4, -0.2) is 35.4 Å². The lowest BCUT2D eigenvalue weighted by Gasteiger charge is -2.32. The SMILES string of the molecule is Cc1cc(OCC(=O)N(Cc2ccc(Cl)cc2Cl)C(Cc2ccccc2)C(=O)NC2CCCC2)ccc1Br. The van der Waals surface area contributed by atoms with Crippen molar-refractivity contribution in [3.05, 3.63) is 97.9 Å². The number of hydrogen-bond donors (Lipinski definition) is 1. The van der Waals surface area contributed by atoms with E-state index in [-0.39, 0.29) is 31.0 Å². The molecule has 200 valence electrons. The van der Waals surface area contributed by atoms with Crippen molar-refractivity contribution in [2.45, 2.75) is 57.7 Å². The van der Waals surface area contributed by atoms with E-state index >= 15 is 0 Å². The summed E-state index contributed by atoms with van der Waals surface area (Å²) in [6, 6.07) is 19.8. The van der Waals surface area contributed by atoms with Gasteiger partial charge in [0.15, 0.2) is 6.61 Å². The fraction of sp³-hybridized carbons (Fsp3) is 0.333. The molecule has 0 aromatic heterocycles. The zero-order chi connectivity index (χ0) is 27.1. The maximum Gasteiger partial charge on any atom is 0.261 e. The van der Waals surface area contributed by atoms with Crippen LogP contribution < -0.4 is 10.1 Å². The van der Waals surface area contributed by atoms with Crippen molar-refractivity contribution in [3.63, 3.8) is 0 Å². The number of rotatable bonds is 10. The molecular formula is C30H31BrCl2N2O3. The first kappa shape index (κ1) is 28.5. The molecule has 8 heteroatoms. The fourth-order valence-corrected chi connectivity index (χ4v) is 5.40. The normalized spacial score (nSPS) is 14.2. The minimum absolute atomic E-state index is 0.124. The van der Waals surface area contributed by atoms with E-state index in [4.69, 9.17) is 27.9 Å². The first-order valence-electron chi connectivity index (χ1n) is 12.8. The summed E-state index contributed by atoms with van der Waals surface area (Å²) in [7, 11) is 0. The monoisotopic (exact) mass is 616 g/mol.